The van der Waals surface area contributed by atoms with Crippen molar-refractivity contribution in [2.75, 3.05) is 0 Å². The molecule has 1 aliphatic heterocycles. The van der Waals surface area contributed by atoms with E-state index in [2.05, 4.69) is 25.9 Å². The largest absolute Gasteiger partial charge is 0.494 e. The summed E-state index contributed by atoms with van der Waals surface area (Å²) in [5.41, 5.74) is 2.19. The molecule has 2 heterocycles. The number of benzene rings is 2. The predicted molar refractivity (Wildman–Crippen MR) is 109 cm³/mol. The molecule has 6 nitrogen and oxygen atoms in total. The van der Waals surface area contributed by atoms with Crippen LogP contribution in [0.15, 0.2) is 61.5 Å². The summed E-state index contributed by atoms with van der Waals surface area (Å²) in [6.07, 6.45) is 3.16. The summed E-state index contributed by atoms with van der Waals surface area (Å²) in [6, 6.07) is 12.7. The highest BCUT2D eigenvalue weighted by Gasteiger charge is 2.18. The lowest BCUT2D eigenvalue weighted by atomic mass is 10.1. The van der Waals surface area contributed by atoms with Crippen molar-refractivity contribution < 1.29 is 5.11 Å². The quantitative estimate of drug-likeness (QED) is 0.660. The van der Waals surface area contributed by atoms with Crippen molar-refractivity contribution in [1.82, 2.24) is 9.55 Å². The van der Waals surface area contributed by atoms with Crippen LogP contribution in [0.3, 0.4) is 0 Å². The predicted octanol–water partition coefficient (Wildman–Crippen LogP) is 3.56. The van der Waals surface area contributed by atoms with Gasteiger partial charge in [-0.25, -0.2) is 9.36 Å². The van der Waals surface area contributed by atoms with E-state index in [1.165, 1.54) is 6.08 Å². The van der Waals surface area contributed by atoms with Gasteiger partial charge in [-0.15, -0.1) is 0 Å². The maximum Gasteiger partial charge on any atom is 0.335 e. The Kier molecular flexibility index (Phi) is 4.16. The van der Waals surface area contributed by atoms with Crippen molar-refractivity contribution >= 4 is 39.5 Å². The first kappa shape index (κ1) is 17.2. The Morgan fingerprint density at radius 3 is 2.74 bits per heavy atom. The van der Waals surface area contributed by atoms with E-state index in [0.717, 1.165) is 25.9 Å². The number of aromatic hydroxyl groups is 1. The molecule has 0 fully saturated rings. The number of hydrogen-bond donors (Lipinski definition) is 2. The number of fused-ring (bicyclic) bond motifs is 1. The zero-order valence-electron chi connectivity index (χ0n) is 14.2. The lowest BCUT2D eigenvalue weighted by Crippen LogP contribution is -2.30. The van der Waals surface area contributed by atoms with Gasteiger partial charge in [0.05, 0.1) is 11.4 Å². The molecule has 0 saturated carbocycles. The monoisotopic (exact) mass is 423 g/mol. The molecule has 0 radical (unpaired) electrons. The lowest BCUT2D eigenvalue weighted by molar-refractivity contribution is 0.429. The molecule has 0 amide bonds. The van der Waals surface area contributed by atoms with Gasteiger partial charge in [0.15, 0.2) is 0 Å². The summed E-state index contributed by atoms with van der Waals surface area (Å²) in [7, 11) is 0. The molecule has 2 N–H and O–H groups in total. The van der Waals surface area contributed by atoms with Crippen LogP contribution in [0.1, 0.15) is 16.7 Å². The van der Waals surface area contributed by atoms with E-state index in [1.807, 2.05) is 37.3 Å². The number of nitrogens with zero attached hydrogens (tertiary/aromatic N) is 2. The molecule has 1 aliphatic rings. The minimum absolute atomic E-state index is 0.00729. The number of allylic oxidation sites excluding steroid dienone is 1. The number of rotatable bonds is 2. The highest BCUT2D eigenvalue weighted by Crippen LogP contribution is 2.35. The normalized spacial score (nSPS) is 13.9. The van der Waals surface area contributed by atoms with Crippen LogP contribution in [0.4, 0.5) is 5.69 Å². The van der Waals surface area contributed by atoms with Gasteiger partial charge in [0.25, 0.3) is 5.56 Å². The summed E-state index contributed by atoms with van der Waals surface area (Å²) in [5, 5.41) is 10.7. The van der Waals surface area contributed by atoms with Crippen molar-refractivity contribution in [3.05, 3.63) is 84.5 Å². The summed E-state index contributed by atoms with van der Waals surface area (Å²) >= 11 is 3.42. The number of hydrogen-bond acceptors (Lipinski definition) is 4. The van der Waals surface area contributed by atoms with Gasteiger partial charge in [-0.1, -0.05) is 34.1 Å². The molecule has 1 aromatic heterocycles. The number of aliphatic imine (C=N–C) groups is 1. The Balaban J connectivity index is 1.95. The van der Waals surface area contributed by atoms with Crippen molar-refractivity contribution in [3.8, 4) is 11.6 Å². The van der Waals surface area contributed by atoms with Gasteiger partial charge in [-0.3, -0.25) is 14.8 Å². The summed E-state index contributed by atoms with van der Waals surface area (Å²) in [5.74, 6) is -0.414. The molecule has 0 saturated heterocycles. The lowest BCUT2D eigenvalue weighted by Gasteiger charge is -2.12. The molecule has 0 unspecified atom stereocenters. The minimum Gasteiger partial charge on any atom is -0.494 e. The Labute approximate surface area is 162 Å². The van der Waals surface area contributed by atoms with E-state index in [1.54, 1.807) is 18.3 Å². The van der Waals surface area contributed by atoms with Gasteiger partial charge in [0.1, 0.15) is 5.56 Å². The van der Waals surface area contributed by atoms with Crippen molar-refractivity contribution in [2.24, 2.45) is 4.99 Å². The van der Waals surface area contributed by atoms with Crippen LogP contribution in [0.2, 0.25) is 0 Å². The van der Waals surface area contributed by atoms with Crippen LogP contribution >= 0.6 is 15.9 Å². The van der Waals surface area contributed by atoms with E-state index in [-0.39, 0.29) is 5.56 Å². The van der Waals surface area contributed by atoms with Crippen LogP contribution in [-0.2, 0) is 0 Å². The third-order valence-corrected chi connectivity index (χ3v) is 4.88. The highest BCUT2D eigenvalue weighted by atomic mass is 79.9. The number of aromatic nitrogens is 2. The Bertz CT molecular complexity index is 1250. The molecule has 2 aromatic carbocycles. The van der Waals surface area contributed by atoms with Gasteiger partial charge >= 0.3 is 5.69 Å². The first-order valence-corrected chi connectivity index (χ1v) is 8.95. The Hall–Kier alpha value is -3.19. The molecule has 0 spiro atoms. The number of H-pyrrole nitrogens is 1. The standard InChI is InChI=1S/C20H14BrN3O3/c1-11-4-2-3-5-17(11)24-19(26)15(18(25)23-20(24)27)8-12-10-22-16-7-6-13(21)9-14(12)16/h2-10,26H,1H3,(H,23,25,27)/b12-8+. The van der Waals surface area contributed by atoms with Crippen LogP contribution in [0.25, 0.3) is 17.3 Å². The fourth-order valence-electron chi connectivity index (χ4n) is 3.04. The van der Waals surface area contributed by atoms with E-state index < -0.39 is 17.1 Å². The molecule has 4 rings (SSSR count). The van der Waals surface area contributed by atoms with Crippen molar-refractivity contribution in [3.63, 3.8) is 0 Å². The molecule has 3 aromatic rings. The molecule has 134 valence electrons. The molecular formula is C20H14BrN3O3. The number of aromatic amines is 1. The minimum atomic E-state index is -0.697. The van der Waals surface area contributed by atoms with Crippen molar-refractivity contribution in [2.45, 2.75) is 6.92 Å². The van der Waals surface area contributed by atoms with Crippen LogP contribution < -0.4 is 11.2 Å². The third kappa shape index (κ3) is 2.96. The van der Waals surface area contributed by atoms with E-state index >= 15 is 0 Å². The van der Waals surface area contributed by atoms with Gasteiger partial charge in [-0.05, 0) is 42.8 Å². The van der Waals surface area contributed by atoms with Crippen LogP contribution in [0, 0.1) is 6.92 Å². The van der Waals surface area contributed by atoms with E-state index in [0.29, 0.717) is 11.3 Å². The van der Waals surface area contributed by atoms with Crippen LogP contribution in [-0.4, -0.2) is 20.9 Å². The second-order valence-corrected chi connectivity index (χ2v) is 7.05. The van der Waals surface area contributed by atoms with Gasteiger partial charge in [0.2, 0.25) is 5.88 Å². The van der Waals surface area contributed by atoms with Crippen molar-refractivity contribution in [1.29, 1.82) is 0 Å². The fraction of sp³-hybridized carbons (Fsp3) is 0.0500. The average Bonchev–Trinajstić information content (AvgIpc) is 3.02. The molecular weight excluding hydrogens is 410 g/mol. The van der Waals surface area contributed by atoms with Crippen LogP contribution in [0.5, 0.6) is 5.88 Å². The van der Waals surface area contributed by atoms with Gasteiger partial charge in [0, 0.05) is 21.8 Å². The highest BCUT2D eigenvalue weighted by molar-refractivity contribution is 9.10. The van der Waals surface area contributed by atoms with E-state index in [4.69, 9.17) is 0 Å². The maximum absolute atomic E-state index is 12.4. The zero-order chi connectivity index (χ0) is 19.1. The van der Waals surface area contributed by atoms with E-state index in [9.17, 15) is 14.7 Å². The molecule has 7 heteroatoms. The summed E-state index contributed by atoms with van der Waals surface area (Å²) in [4.78, 5) is 31.3. The maximum atomic E-state index is 12.4. The molecule has 0 bridgehead atoms. The fourth-order valence-corrected chi connectivity index (χ4v) is 3.40. The first-order valence-electron chi connectivity index (χ1n) is 8.15. The SMILES string of the molecule is Cc1ccccc1-n1c(O)c(/C=C2\C=Nc3ccc(Br)cc32)c(=O)[nH]c1=O. The molecule has 27 heavy (non-hydrogen) atoms. The molecule has 0 aliphatic carbocycles. The average molecular weight is 424 g/mol. The van der Waals surface area contributed by atoms with Gasteiger partial charge in [-0.2, -0.15) is 0 Å². The third-order valence-electron chi connectivity index (χ3n) is 4.39. The first-order chi connectivity index (χ1) is 13.0. The summed E-state index contributed by atoms with van der Waals surface area (Å²) in [6.45, 7) is 1.82. The van der Waals surface area contributed by atoms with Gasteiger partial charge < -0.3 is 5.11 Å². The topological polar surface area (TPSA) is 87.4 Å². The number of aryl methyl sites for hydroxylation is 1. The number of halogens is 1. The number of nitrogens with one attached hydrogen (secondary N) is 1. The second kappa shape index (κ2) is 6.51. The molecule has 0 atom stereocenters. The smallest absolute Gasteiger partial charge is 0.335 e. The second-order valence-electron chi connectivity index (χ2n) is 6.14. The zero-order valence-corrected chi connectivity index (χ0v) is 15.8. The Morgan fingerprint density at radius 1 is 1.19 bits per heavy atom. The summed E-state index contributed by atoms with van der Waals surface area (Å²) < 4.78 is 1.97. The number of para-hydroxylation sites is 1. The Morgan fingerprint density at radius 2 is 1.96 bits per heavy atom.